The molecule has 0 spiro atoms. The quantitative estimate of drug-likeness (QED) is 0.641. The van der Waals surface area contributed by atoms with Crippen LogP contribution in [0, 0.1) is 0 Å². The molecule has 2 rings (SSSR count). The molecule has 0 aliphatic heterocycles. The number of benzene rings is 1. The Hall–Kier alpha value is -2.70. The highest BCUT2D eigenvalue weighted by molar-refractivity contribution is 5.92. The van der Waals surface area contributed by atoms with Gasteiger partial charge in [-0.05, 0) is 18.2 Å². The maximum absolute atomic E-state index is 5.85. The van der Waals surface area contributed by atoms with Gasteiger partial charge in [-0.3, -0.25) is 4.68 Å². The summed E-state index contributed by atoms with van der Waals surface area (Å²) in [7, 11) is 5.03. The van der Waals surface area contributed by atoms with Gasteiger partial charge < -0.3 is 20.5 Å². The minimum absolute atomic E-state index is 0.313. The van der Waals surface area contributed by atoms with E-state index in [1.54, 1.807) is 31.0 Å². The normalized spacial score (nSPS) is 11.3. The van der Waals surface area contributed by atoms with Crippen LogP contribution >= 0.6 is 0 Å². The third-order valence-electron chi connectivity index (χ3n) is 2.84. The van der Waals surface area contributed by atoms with Gasteiger partial charge in [0.1, 0.15) is 0 Å². The van der Waals surface area contributed by atoms with E-state index in [2.05, 4.69) is 15.4 Å². The molecular weight excluding hydrogens is 270 g/mol. The van der Waals surface area contributed by atoms with E-state index in [4.69, 9.17) is 15.2 Å². The number of anilines is 1. The number of rotatable bonds is 5. The van der Waals surface area contributed by atoms with Gasteiger partial charge in [-0.1, -0.05) is 0 Å². The van der Waals surface area contributed by atoms with Crippen molar-refractivity contribution in [2.24, 2.45) is 17.8 Å². The Morgan fingerprint density at radius 1 is 1.29 bits per heavy atom. The van der Waals surface area contributed by atoms with Crippen LogP contribution in [0.2, 0.25) is 0 Å². The monoisotopic (exact) mass is 289 g/mol. The molecule has 0 unspecified atom stereocenters. The number of nitrogens with two attached hydrogens (primary N) is 1. The van der Waals surface area contributed by atoms with Crippen molar-refractivity contribution in [3.8, 4) is 11.5 Å². The molecule has 0 aliphatic rings. The van der Waals surface area contributed by atoms with E-state index in [-0.39, 0.29) is 0 Å². The number of guanidine groups is 1. The van der Waals surface area contributed by atoms with Crippen molar-refractivity contribution in [2.75, 3.05) is 19.5 Å². The summed E-state index contributed by atoms with van der Waals surface area (Å²) in [5.74, 6) is 1.60. The van der Waals surface area contributed by atoms with E-state index >= 15 is 0 Å². The summed E-state index contributed by atoms with van der Waals surface area (Å²) in [4.78, 5) is 4.24. The van der Waals surface area contributed by atoms with Gasteiger partial charge in [0.15, 0.2) is 17.5 Å². The number of aliphatic imine (C=N–C) groups is 1. The highest BCUT2D eigenvalue weighted by Crippen LogP contribution is 2.29. The number of hydrogen-bond donors (Lipinski definition) is 2. The number of hydrogen-bond acceptors (Lipinski definition) is 4. The van der Waals surface area contributed by atoms with Crippen LogP contribution in [0.1, 0.15) is 5.69 Å². The maximum atomic E-state index is 5.85. The second-order valence-electron chi connectivity index (χ2n) is 4.38. The van der Waals surface area contributed by atoms with E-state index in [1.807, 2.05) is 25.4 Å². The smallest absolute Gasteiger partial charge is 0.193 e. The van der Waals surface area contributed by atoms with E-state index in [9.17, 15) is 0 Å². The largest absolute Gasteiger partial charge is 0.493 e. The maximum Gasteiger partial charge on any atom is 0.193 e. The molecule has 3 N–H and O–H groups in total. The molecule has 0 bridgehead atoms. The summed E-state index contributed by atoms with van der Waals surface area (Å²) < 4.78 is 12.1. The topological polar surface area (TPSA) is 86.7 Å². The van der Waals surface area contributed by atoms with Crippen LogP contribution in [0.3, 0.4) is 0 Å². The standard InChI is InChI=1S/C14H19N5O2/c1-19-7-6-11(18-19)9-16-14(15)17-10-4-5-12(20-2)13(8-10)21-3/h4-8H,9H2,1-3H3,(H3,15,16,17). The molecule has 7 heteroatoms. The van der Waals surface area contributed by atoms with Crippen LogP contribution in [-0.4, -0.2) is 30.0 Å². The molecule has 0 saturated carbocycles. The van der Waals surface area contributed by atoms with Crippen LogP contribution < -0.4 is 20.5 Å². The Labute approximate surface area is 123 Å². The lowest BCUT2D eigenvalue weighted by molar-refractivity contribution is 0.355. The summed E-state index contributed by atoms with van der Waals surface area (Å²) in [6.07, 6.45) is 1.86. The molecule has 0 saturated heterocycles. The predicted molar refractivity (Wildman–Crippen MR) is 81.7 cm³/mol. The second kappa shape index (κ2) is 6.65. The average molecular weight is 289 g/mol. The number of nitrogens with zero attached hydrogens (tertiary/aromatic N) is 3. The molecule has 21 heavy (non-hydrogen) atoms. The van der Waals surface area contributed by atoms with Crippen LogP contribution in [0.25, 0.3) is 0 Å². The zero-order valence-electron chi connectivity index (χ0n) is 12.3. The molecule has 0 aliphatic carbocycles. The highest BCUT2D eigenvalue weighted by atomic mass is 16.5. The third kappa shape index (κ3) is 3.88. The number of nitrogens with one attached hydrogen (secondary N) is 1. The zero-order valence-corrected chi connectivity index (χ0v) is 12.3. The Balaban J connectivity index is 2.03. The van der Waals surface area contributed by atoms with Gasteiger partial charge in [0.05, 0.1) is 26.5 Å². The minimum Gasteiger partial charge on any atom is -0.493 e. The molecule has 0 atom stereocenters. The van der Waals surface area contributed by atoms with Gasteiger partial charge in [-0.2, -0.15) is 5.10 Å². The van der Waals surface area contributed by atoms with E-state index in [0.717, 1.165) is 11.4 Å². The molecule has 1 heterocycles. The molecule has 1 aromatic heterocycles. The predicted octanol–water partition coefficient (Wildman–Crippen LogP) is 1.36. The molecule has 7 nitrogen and oxygen atoms in total. The van der Waals surface area contributed by atoms with Crippen molar-refractivity contribution in [1.29, 1.82) is 0 Å². The molecular formula is C14H19N5O2. The van der Waals surface area contributed by atoms with Crippen LogP contribution in [-0.2, 0) is 13.6 Å². The lowest BCUT2D eigenvalue weighted by Gasteiger charge is -2.10. The number of methoxy groups -OCH3 is 2. The Bertz CT molecular complexity index is 636. The molecule has 112 valence electrons. The van der Waals surface area contributed by atoms with Crippen molar-refractivity contribution >= 4 is 11.6 Å². The first-order chi connectivity index (χ1) is 10.1. The SMILES string of the molecule is COc1ccc(NC(N)=NCc2ccn(C)n2)cc1OC. The molecule has 2 aromatic rings. The summed E-state index contributed by atoms with van der Waals surface area (Å²) in [5, 5.41) is 7.23. The van der Waals surface area contributed by atoms with Gasteiger partial charge in [0.2, 0.25) is 0 Å². The van der Waals surface area contributed by atoms with Gasteiger partial charge in [0, 0.05) is 25.0 Å². The summed E-state index contributed by atoms with van der Waals surface area (Å²) in [6.45, 7) is 0.424. The van der Waals surface area contributed by atoms with Crippen LogP contribution in [0.4, 0.5) is 5.69 Å². The van der Waals surface area contributed by atoms with Gasteiger partial charge >= 0.3 is 0 Å². The fourth-order valence-corrected chi connectivity index (χ4v) is 1.82. The van der Waals surface area contributed by atoms with E-state index in [0.29, 0.717) is 24.0 Å². The Kier molecular flexibility index (Phi) is 4.65. The third-order valence-corrected chi connectivity index (χ3v) is 2.84. The number of aryl methyl sites for hydroxylation is 1. The number of aromatic nitrogens is 2. The molecule has 1 aromatic carbocycles. The average Bonchev–Trinajstić information content (AvgIpc) is 2.90. The minimum atomic E-state index is 0.313. The Morgan fingerprint density at radius 2 is 2.05 bits per heavy atom. The van der Waals surface area contributed by atoms with Crippen molar-refractivity contribution in [2.45, 2.75) is 6.54 Å². The first-order valence-electron chi connectivity index (χ1n) is 6.40. The first kappa shape index (κ1) is 14.7. The van der Waals surface area contributed by atoms with Gasteiger partial charge in [0.25, 0.3) is 0 Å². The summed E-state index contributed by atoms with van der Waals surface area (Å²) in [6, 6.07) is 7.33. The lowest BCUT2D eigenvalue weighted by atomic mass is 10.3. The fourth-order valence-electron chi connectivity index (χ4n) is 1.82. The van der Waals surface area contributed by atoms with Crippen LogP contribution in [0.5, 0.6) is 11.5 Å². The zero-order chi connectivity index (χ0) is 15.2. The molecule has 0 fully saturated rings. The molecule has 0 amide bonds. The number of ether oxygens (including phenoxy) is 2. The van der Waals surface area contributed by atoms with Gasteiger partial charge in [-0.15, -0.1) is 0 Å². The molecule has 0 radical (unpaired) electrons. The van der Waals surface area contributed by atoms with E-state index < -0.39 is 0 Å². The van der Waals surface area contributed by atoms with E-state index in [1.165, 1.54) is 0 Å². The van der Waals surface area contributed by atoms with Crippen molar-refractivity contribution < 1.29 is 9.47 Å². The second-order valence-corrected chi connectivity index (χ2v) is 4.38. The first-order valence-corrected chi connectivity index (χ1v) is 6.40. The summed E-state index contributed by atoms with van der Waals surface area (Å²) >= 11 is 0. The van der Waals surface area contributed by atoms with Crippen molar-refractivity contribution in [1.82, 2.24) is 9.78 Å². The van der Waals surface area contributed by atoms with Crippen molar-refractivity contribution in [3.63, 3.8) is 0 Å². The lowest BCUT2D eigenvalue weighted by Crippen LogP contribution is -2.22. The summed E-state index contributed by atoms with van der Waals surface area (Å²) in [5.41, 5.74) is 7.48. The highest BCUT2D eigenvalue weighted by Gasteiger charge is 2.05. The van der Waals surface area contributed by atoms with Crippen LogP contribution in [0.15, 0.2) is 35.5 Å². The Morgan fingerprint density at radius 3 is 2.67 bits per heavy atom. The fraction of sp³-hybridized carbons (Fsp3) is 0.286. The van der Waals surface area contributed by atoms with Crippen molar-refractivity contribution in [3.05, 3.63) is 36.2 Å². The van der Waals surface area contributed by atoms with Gasteiger partial charge in [-0.25, -0.2) is 4.99 Å².